The maximum absolute atomic E-state index is 10.8. The average molecular weight is 252 g/mol. The molecule has 18 heavy (non-hydrogen) atoms. The maximum atomic E-state index is 10.8. The second-order valence-corrected chi connectivity index (χ2v) is 4.73. The molecule has 1 rings (SSSR count). The van der Waals surface area contributed by atoms with Crippen LogP contribution in [0.2, 0.25) is 0 Å². The molecule has 100 valence electrons. The van der Waals surface area contributed by atoms with Crippen LogP contribution in [0.3, 0.4) is 0 Å². The molecule has 0 aliphatic carbocycles. The van der Waals surface area contributed by atoms with Crippen molar-refractivity contribution in [3.8, 4) is 0 Å². The van der Waals surface area contributed by atoms with Gasteiger partial charge >= 0.3 is 5.97 Å². The normalized spacial score (nSPS) is 12.3. The van der Waals surface area contributed by atoms with Crippen molar-refractivity contribution in [2.45, 2.75) is 26.3 Å². The summed E-state index contributed by atoms with van der Waals surface area (Å²) in [6, 6.07) is 1.59. The highest BCUT2D eigenvalue weighted by atomic mass is 16.4. The number of carboxylic acids is 1. The Morgan fingerprint density at radius 2 is 2.17 bits per heavy atom. The van der Waals surface area contributed by atoms with Crippen LogP contribution in [0.1, 0.15) is 20.3 Å². The first-order chi connectivity index (χ1) is 8.40. The van der Waals surface area contributed by atoms with Crippen molar-refractivity contribution in [1.29, 1.82) is 0 Å². The third kappa shape index (κ3) is 4.20. The number of hydrogen-bond acceptors (Lipinski definition) is 5. The Labute approximate surface area is 107 Å². The van der Waals surface area contributed by atoms with Gasteiger partial charge in [0.25, 0.3) is 0 Å². The Balaban J connectivity index is 2.80. The van der Waals surface area contributed by atoms with E-state index in [0.717, 1.165) is 0 Å². The van der Waals surface area contributed by atoms with E-state index in [1.165, 1.54) is 0 Å². The lowest BCUT2D eigenvalue weighted by Crippen LogP contribution is -2.29. The topological polar surface area (TPSA) is 78.3 Å². The van der Waals surface area contributed by atoms with Gasteiger partial charge in [0.05, 0.1) is 6.42 Å². The predicted octanol–water partition coefficient (Wildman–Crippen LogP) is 1.45. The lowest BCUT2D eigenvalue weighted by Gasteiger charge is -2.21. The second kappa shape index (κ2) is 6.18. The van der Waals surface area contributed by atoms with Crippen molar-refractivity contribution in [3.63, 3.8) is 0 Å². The first-order valence-electron chi connectivity index (χ1n) is 5.89. The molecule has 0 aliphatic rings. The van der Waals surface area contributed by atoms with Gasteiger partial charge in [0, 0.05) is 26.3 Å². The Morgan fingerprint density at radius 1 is 1.50 bits per heavy atom. The van der Waals surface area contributed by atoms with Crippen LogP contribution in [0, 0.1) is 5.92 Å². The fraction of sp³-hybridized carbons (Fsp3) is 0.583. The number of nitrogens with one attached hydrogen (secondary N) is 1. The second-order valence-electron chi connectivity index (χ2n) is 4.73. The molecule has 6 nitrogen and oxygen atoms in total. The Bertz CT molecular complexity index is 407. The van der Waals surface area contributed by atoms with Crippen LogP contribution in [0.15, 0.2) is 12.3 Å². The number of aromatic nitrogens is 2. The molecular weight excluding hydrogens is 232 g/mol. The summed E-state index contributed by atoms with van der Waals surface area (Å²) >= 11 is 0. The summed E-state index contributed by atoms with van der Waals surface area (Å²) in [7, 11) is 3.71. The molecule has 0 aliphatic heterocycles. The van der Waals surface area contributed by atoms with Crippen LogP contribution in [0.4, 0.5) is 11.8 Å². The molecule has 0 saturated heterocycles. The number of hydrogen-bond donors (Lipinski definition) is 2. The van der Waals surface area contributed by atoms with E-state index in [4.69, 9.17) is 5.11 Å². The minimum absolute atomic E-state index is 0.0684. The summed E-state index contributed by atoms with van der Waals surface area (Å²) in [5.74, 6) is 0.633. The van der Waals surface area contributed by atoms with Gasteiger partial charge in [0.15, 0.2) is 0 Å². The molecule has 0 radical (unpaired) electrons. The van der Waals surface area contributed by atoms with Gasteiger partial charge in [-0.15, -0.1) is 0 Å². The summed E-state index contributed by atoms with van der Waals surface area (Å²) in [5, 5.41) is 12.0. The molecule has 0 bridgehead atoms. The predicted molar refractivity (Wildman–Crippen MR) is 70.9 cm³/mol. The Hall–Kier alpha value is -1.85. The quantitative estimate of drug-likeness (QED) is 0.798. The minimum Gasteiger partial charge on any atom is -0.481 e. The van der Waals surface area contributed by atoms with Crippen molar-refractivity contribution in [3.05, 3.63) is 12.3 Å². The van der Waals surface area contributed by atoms with E-state index >= 15 is 0 Å². The molecule has 1 aromatic heterocycles. The highest BCUT2D eigenvalue weighted by Crippen LogP contribution is 2.15. The van der Waals surface area contributed by atoms with Crippen LogP contribution in [-0.4, -0.2) is 41.2 Å². The summed E-state index contributed by atoms with van der Waals surface area (Å²) in [4.78, 5) is 21.0. The smallest absolute Gasteiger partial charge is 0.305 e. The molecule has 1 atom stereocenters. The molecule has 2 N–H and O–H groups in total. The van der Waals surface area contributed by atoms with E-state index in [1.54, 1.807) is 17.2 Å². The number of carbonyl (C=O) groups is 1. The van der Waals surface area contributed by atoms with Crippen molar-refractivity contribution in [2.24, 2.45) is 5.92 Å². The zero-order chi connectivity index (χ0) is 13.7. The molecule has 0 amide bonds. The highest BCUT2D eigenvalue weighted by Gasteiger charge is 2.17. The van der Waals surface area contributed by atoms with E-state index < -0.39 is 5.97 Å². The van der Waals surface area contributed by atoms with E-state index in [0.29, 0.717) is 11.8 Å². The SMILES string of the molecule is CC(C)C(CC(=O)O)Nc1ccnc(N(C)C)n1. The van der Waals surface area contributed by atoms with Crippen LogP contribution in [0.5, 0.6) is 0 Å². The van der Waals surface area contributed by atoms with Gasteiger partial charge < -0.3 is 15.3 Å². The molecule has 1 aromatic rings. The lowest BCUT2D eigenvalue weighted by molar-refractivity contribution is -0.137. The number of nitrogens with zero attached hydrogens (tertiary/aromatic N) is 3. The first kappa shape index (κ1) is 14.2. The van der Waals surface area contributed by atoms with Crippen molar-refractivity contribution in [2.75, 3.05) is 24.3 Å². The molecule has 0 saturated carbocycles. The van der Waals surface area contributed by atoms with Gasteiger partial charge in [-0.05, 0) is 12.0 Å². The van der Waals surface area contributed by atoms with E-state index in [2.05, 4.69) is 15.3 Å². The molecule has 0 spiro atoms. The van der Waals surface area contributed by atoms with E-state index in [1.807, 2.05) is 27.9 Å². The molecule has 0 fully saturated rings. The van der Waals surface area contributed by atoms with Gasteiger partial charge in [-0.1, -0.05) is 13.8 Å². The molecule has 6 heteroatoms. The zero-order valence-electron chi connectivity index (χ0n) is 11.2. The van der Waals surface area contributed by atoms with Crippen molar-refractivity contribution >= 4 is 17.7 Å². The number of aliphatic carboxylic acids is 1. The third-order valence-corrected chi connectivity index (χ3v) is 2.58. The minimum atomic E-state index is -0.817. The number of carboxylic acid groups (broad SMARTS) is 1. The fourth-order valence-corrected chi connectivity index (χ4v) is 1.48. The largest absolute Gasteiger partial charge is 0.481 e. The summed E-state index contributed by atoms with van der Waals surface area (Å²) < 4.78 is 0. The average Bonchev–Trinajstić information content (AvgIpc) is 2.27. The monoisotopic (exact) mass is 252 g/mol. The molecule has 1 unspecified atom stereocenters. The fourth-order valence-electron chi connectivity index (χ4n) is 1.48. The van der Waals surface area contributed by atoms with Crippen molar-refractivity contribution in [1.82, 2.24) is 9.97 Å². The summed E-state index contributed by atoms with van der Waals surface area (Å²) in [6.45, 7) is 3.96. The molecule has 0 aromatic carbocycles. The van der Waals surface area contributed by atoms with Gasteiger partial charge in [0.1, 0.15) is 5.82 Å². The van der Waals surface area contributed by atoms with Crippen LogP contribution in [-0.2, 0) is 4.79 Å². The number of anilines is 2. The highest BCUT2D eigenvalue weighted by molar-refractivity contribution is 5.68. The zero-order valence-corrected chi connectivity index (χ0v) is 11.2. The van der Waals surface area contributed by atoms with Gasteiger partial charge in [-0.2, -0.15) is 4.98 Å². The third-order valence-electron chi connectivity index (χ3n) is 2.58. The standard InChI is InChI=1S/C12H20N4O2/c1-8(2)9(7-11(17)18)14-10-5-6-13-12(15-10)16(3)4/h5-6,8-9H,7H2,1-4H3,(H,17,18)(H,13,14,15). The number of rotatable bonds is 6. The summed E-state index contributed by atoms with van der Waals surface area (Å²) in [5.41, 5.74) is 0. The Morgan fingerprint density at radius 3 is 2.67 bits per heavy atom. The molecular formula is C12H20N4O2. The van der Waals surface area contributed by atoms with Crippen LogP contribution >= 0.6 is 0 Å². The lowest BCUT2D eigenvalue weighted by atomic mass is 10.0. The van der Waals surface area contributed by atoms with E-state index in [-0.39, 0.29) is 18.4 Å². The van der Waals surface area contributed by atoms with Crippen molar-refractivity contribution < 1.29 is 9.90 Å². The molecule has 1 heterocycles. The van der Waals surface area contributed by atoms with E-state index in [9.17, 15) is 4.79 Å². The first-order valence-corrected chi connectivity index (χ1v) is 5.89. The maximum Gasteiger partial charge on any atom is 0.305 e. The van der Waals surface area contributed by atoms with Crippen LogP contribution in [0.25, 0.3) is 0 Å². The summed E-state index contributed by atoms with van der Waals surface area (Å²) in [6.07, 6.45) is 1.72. The van der Waals surface area contributed by atoms with Gasteiger partial charge in [-0.25, -0.2) is 4.98 Å². The van der Waals surface area contributed by atoms with Crippen LogP contribution < -0.4 is 10.2 Å². The van der Waals surface area contributed by atoms with Gasteiger partial charge in [-0.3, -0.25) is 4.79 Å². The Kier molecular flexibility index (Phi) is 4.88. The van der Waals surface area contributed by atoms with Gasteiger partial charge in [0.2, 0.25) is 5.95 Å².